The van der Waals surface area contributed by atoms with Gasteiger partial charge in [-0.05, 0) is 50.5 Å². The third-order valence-corrected chi connectivity index (χ3v) is 6.43. The number of fused-ring (bicyclic) bond motifs is 1. The van der Waals surface area contributed by atoms with Gasteiger partial charge >= 0.3 is 0 Å². The lowest BCUT2D eigenvalue weighted by Crippen LogP contribution is -2.54. The molecule has 1 unspecified atom stereocenters. The SMILES string of the molecule is CC(C)(C)OCC(=O)NCc1ccc(CNC(=O)COc2cccc3c2C(=O)N(C2CCC(=O)NC2=O)C3=O)cc1. The third-order valence-electron chi connectivity index (χ3n) is 6.43. The number of imide groups is 2. The first-order valence-electron chi connectivity index (χ1n) is 13.2. The van der Waals surface area contributed by atoms with Gasteiger partial charge in [0, 0.05) is 19.5 Å². The summed E-state index contributed by atoms with van der Waals surface area (Å²) in [5.74, 6) is -3.15. The smallest absolute Gasteiger partial charge is 0.266 e. The molecule has 0 aliphatic carbocycles. The maximum absolute atomic E-state index is 13.1. The molecule has 0 spiro atoms. The van der Waals surface area contributed by atoms with E-state index in [1.54, 1.807) is 0 Å². The highest BCUT2D eigenvalue weighted by Gasteiger charge is 2.46. The maximum Gasteiger partial charge on any atom is 0.266 e. The first kappa shape index (κ1) is 29.4. The van der Waals surface area contributed by atoms with Crippen LogP contribution in [0.25, 0.3) is 0 Å². The van der Waals surface area contributed by atoms with Gasteiger partial charge in [-0.15, -0.1) is 0 Å². The zero-order chi connectivity index (χ0) is 29.7. The molecule has 1 fully saturated rings. The molecule has 0 bridgehead atoms. The van der Waals surface area contributed by atoms with Gasteiger partial charge in [-0.1, -0.05) is 30.3 Å². The molecule has 2 aliphatic heterocycles. The Bertz CT molecular complexity index is 1380. The largest absolute Gasteiger partial charge is 0.483 e. The van der Waals surface area contributed by atoms with Crippen LogP contribution in [0.5, 0.6) is 5.75 Å². The van der Waals surface area contributed by atoms with E-state index in [4.69, 9.17) is 9.47 Å². The Balaban J connectivity index is 1.27. The summed E-state index contributed by atoms with van der Waals surface area (Å²) < 4.78 is 11.0. The van der Waals surface area contributed by atoms with E-state index >= 15 is 0 Å². The van der Waals surface area contributed by atoms with Gasteiger partial charge in [0.05, 0.1) is 16.7 Å². The molecule has 2 aliphatic rings. The van der Waals surface area contributed by atoms with Gasteiger partial charge in [-0.25, -0.2) is 0 Å². The van der Waals surface area contributed by atoms with E-state index in [0.717, 1.165) is 16.0 Å². The normalized spacial score (nSPS) is 16.8. The second-order valence-electron chi connectivity index (χ2n) is 10.7. The molecule has 3 N–H and O–H groups in total. The van der Waals surface area contributed by atoms with Gasteiger partial charge in [0.15, 0.2) is 6.61 Å². The minimum atomic E-state index is -1.10. The Hall–Kier alpha value is -4.58. The Kier molecular flexibility index (Phi) is 8.82. The average molecular weight is 565 g/mol. The molecule has 12 heteroatoms. The molecule has 0 saturated carbocycles. The van der Waals surface area contributed by atoms with Gasteiger partial charge in [0.2, 0.25) is 17.7 Å². The highest BCUT2D eigenvalue weighted by Crippen LogP contribution is 2.33. The van der Waals surface area contributed by atoms with Crippen molar-refractivity contribution in [3.8, 4) is 5.75 Å². The lowest BCUT2D eigenvalue weighted by molar-refractivity contribution is -0.136. The fourth-order valence-corrected chi connectivity index (χ4v) is 4.31. The van der Waals surface area contributed by atoms with E-state index in [0.29, 0.717) is 6.54 Å². The molecule has 0 aromatic heterocycles. The van der Waals surface area contributed by atoms with E-state index < -0.39 is 47.8 Å². The summed E-state index contributed by atoms with van der Waals surface area (Å²) in [6.07, 6.45) is 0.0521. The molecular formula is C29H32N4O8. The number of rotatable bonds is 10. The quantitative estimate of drug-likeness (QED) is 0.363. The molecule has 4 rings (SSSR count). The van der Waals surface area contributed by atoms with Crippen LogP contribution in [0.1, 0.15) is 65.5 Å². The molecule has 41 heavy (non-hydrogen) atoms. The van der Waals surface area contributed by atoms with Gasteiger partial charge in [-0.3, -0.25) is 39.0 Å². The van der Waals surface area contributed by atoms with Crippen molar-refractivity contribution in [2.45, 2.75) is 58.3 Å². The van der Waals surface area contributed by atoms with E-state index in [1.165, 1.54) is 18.2 Å². The van der Waals surface area contributed by atoms with Crippen molar-refractivity contribution in [3.05, 3.63) is 64.7 Å². The van der Waals surface area contributed by atoms with Crippen LogP contribution in [0.4, 0.5) is 0 Å². The second kappa shape index (κ2) is 12.3. The number of nitrogens with one attached hydrogen (secondary N) is 3. The highest BCUT2D eigenvalue weighted by atomic mass is 16.5. The van der Waals surface area contributed by atoms with Gasteiger partial charge in [0.25, 0.3) is 17.7 Å². The topological polar surface area (TPSA) is 160 Å². The van der Waals surface area contributed by atoms with Crippen molar-refractivity contribution >= 4 is 35.4 Å². The monoisotopic (exact) mass is 564 g/mol. The van der Waals surface area contributed by atoms with Crippen LogP contribution in [0, 0.1) is 0 Å². The fourth-order valence-electron chi connectivity index (χ4n) is 4.31. The van der Waals surface area contributed by atoms with E-state index in [-0.39, 0.29) is 48.8 Å². The molecule has 1 atom stereocenters. The molecule has 2 aromatic rings. The van der Waals surface area contributed by atoms with Crippen molar-refractivity contribution in [3.63, 3.8) is 0 Å². The summed E-state index contributed by atoms with van der Waals surface area (Å²) in [6.45, 7) is 5.76. The molecule has 12 nitrogen and oxygen atoms in total. The van der Waals surface area contributed by atoms with Crippen LogP contribution in [0.3, 0.4) is 0 Å². The number of piperidine rings is 1. The molecule has 2 heterocycles. The highest BCUT2D eigenvalue weighted by molar-refractivity contribution is 6.24. The zero-order valence-corrected chi connectivity index (χ0v) is 23.1. The van der Waals surface area contributed by atoms with Crippen molar-refractivity contribution < 1.29 is 38.2 Å². The lowest BCUT2D eigenvalue weighted by atomic mass is 10.0. The Labute approximate surface area is 236 Å². The standard InChI is InChI=1S/C29H32N4O8/c1-29(2,3)41-16-24(36)31-14-18-9-7-17(8-10-18)13-30-23(35)15-40-21-6-4-5-19-25(21)28(39)33(27(19)38)20-11-12-22(34)32-26(20)37/h4-10,20H,11-16H2,1-3H3,(H,30,35)(H,31,36)(H,32,34,37). The fraction of sp³-hybridized carbons (Fsp3) is 0.379. The summed E-state index contributed by atoms with van der Waals surface area (Å²) in [5, 5.41) is 7.67. The van der Waals surface area contributed by atoms with Gasteiger partial charge in [0.1, 0.15) is 18.4 Å². The van der Waals surface area contributed by atoms with Gasteiger partial charge < -0.3 is 20.1 Å². The summed E-state index contributed by atoms with van der Waals surface area (Å²) in [5.41, 5.74) is 1.35. The number of benzene rings is 2. The summed E-state index contributed by atoms with van der Waals surface area (Å²) in [6, 6.07) is 10.7. The van der Waals surface area contributed by atoms with Crippen LogP contribution in [0.2, 0.25) is 0 Å². The van der Waals surface area contributed by atoms with Crippen LogP contribution in [-0.2, 0) is 37.0 Å². The maximum atomic E-state index is 13.1. The average Bonchev–Trinajstić information content (AvgIpc) is 3.18. The van der Waals surface area contributed by atoms with Crippen LogP contribution in [0.15, 0.2) is 42.5 Å². The molecule has 1 saturated heterocycles. The number of ether oxygens (including phenoxy) is 2. The zero-order valence-electron chi connectivity index (χ0n) is 23.1. The Morgan fingerprint density at radius 3 is 2.10 bits per heavy atom. The molecular weight excluding hydrogens is 532 g/mol. The van der Waals surface area contributed by atoms with Crippen LogP contribution in [-0.4, -0.2) is 65.2 Å². The predicted molar refractivity (Wildman–Crippen MR) is 144 cm³/mol. The number of amides is 6. The number of carbonyl (C=O) groups excluding carboxylic acids is 6. The number of hydrogen-bond donors (Lipinski definition) is 3. The second-order valence-corrected chi connectivity index (χ2v) is 10.7. The lowest BCUT2D eigenvalue weighted by Gasteiger charge is -2.27. The van der Waals surface area contributed by atoms with Crippen molar-refractivity contribution in [2.75, 3.05) is 13.2 Å². The van der Waals surface area contributed by atoms with Crippen LogP contribution < -0.4 is 20.7 Å². The molecule has 6 amide bonds. The van der Waals surface area contributed by atoms with Crippen LogP contribution >= 0.6 is 0 Å². The number of hydrogen-bond acceptors (Lipinski definition) is 8. The van der Waals surface area contributed by atoms with E-state index in [1.807, 2.05) is 45.0 Å². The van der Waals surface area contributed by atoms with E-state index in [2.05, 4.69) is 16.0 Å². The number of nitrogens with zero attached hydrogens (tertiary/aromatic N) is 1. The minimum Gasteiger partial charge on any atom is -0.483 e. The minimum absolute atomic E-state index is 0.0136. The summed E-state index contributed by atoms with van der Waals surface area (Å²) in [7, 11) is 0. The summed E-state index contributed by atoms with van der Waals surface area (Å²) >= 11 is 0. The molecule has 216 valence electrons. The van der Waals surface area contributed by atoms with Crippen molar-refractivity contribution in [1.29, 1.82) is 0 Å². The first-order valence-corrected chi connectivity index (χ1v) is 13.2. The van der Waals surface area contributed by atoms with Crippen molar-refractivity contribution in [2.24, 2.45) is 0 Å². The van der Waals surface area contributed by atoms with Gasteiger partial charge in [-0.2, -0.15) is 0 Å². The Morgan fingerprint density at radius 2 is 1.51 bits per heavy atom. The van der Waals surface area contributed by atoms with Crippen molar-refractivity contribution in [1.82, 2.24) is 20.9 Å². The Morgan fingerprint density at radius 1 is 0.902 bits per heavy atom. The summed E-state index contributed by atoms with van der Waals surface area (Å²) in [4.78, 5) is 75.0. The van der Waals surface area contributed by atoms with E-state index in [9.17, 15) is 28.8 Å². The first-order chi connectivity index (χ1) is 19.4. The third kappa shape index (κ3) is 7.34. The molecule has 2 aromatic carbocycles. The number of carbonyl (C=O) groups is 6. The predicted octanol–water partition coefficient (Wildman–Crippen LogP) is 1.21. The molecule has 0 radical (unpaired) electrons.